The van der Waals surface area contributed by atoms with Crippen LogP contribution in [0.25, 0.3) is 0 Å². The maximum absolute atomic E-state index is 12.6. The quantitative estimate of drug-likeness (QED) is 0.273. The van der Waals surface area contributed by atoms with E-state index in [-0.39, 0.29) is 6.03 Å². The van der Waals surface area contributed by atoms with Crippen LogP contribution >= 0.6 is 23.5 Å². The number of hydrogen-bond donors (Lipinski definition) is 2. The van der Waals surface area contributed by atoms with Crippen molar-refractivity contribution >= 4 is 59.1 Å². The molecule has 0 aromatic heterocycles. The molecule has 2 aliphatic heterocycles. The topological polar surface area (TPSA) is 64.7 Å². The van der Waals surface area contributed by atoms with Gasteiger partial charge in [-0.2, -0.15) is 0 Å². The molecule has 0 atom stereocenters. The van der Waals surface area contributed by atoms with Gasteiger partial charge in [0.15, 0.2) is 0 Å². The monoisotopic (exact) mass is 542 g/mol. The van der Waals surface area contributed by atoms with Gasteiger partial charge in [-0.1, -0.05) is 72.1 Å². The number of likely N-dealkylation sites (N-methyl/N-ethyl adjacent to an activating group) is 1. The van der Waals surface area contributed by atoms with Crippen molar-refractivity contribution < 1.29 is 9.59 Å². The Labute approximate surface area is 232 Å². The number of para-hydroxylation sites is 4. The van der Waals surface area contributed by atoms with Crippen LogP contribution in [0.15, 0.2) is 117 Å². The van der Waals surface area contributed by atoms with Gasteiger partial charge in [-0.25, -0.2) is 4.79 Å². The highest BCUT2D eigenvalue weighted by Crippen LogP contribution is 2.48. The number of benzene rings is 4. The van der Waals surface area contributed by atoms with Crippen LogP contribution in [-0.4, -0.2) is 40.0 Å². The van der Waals surface area contributed by atoms with Crippen molar-refractivity contribution in [2.24, 2.45) is 0 Å². The van der Waals surface area contributed by atoms with E-state index in [0.717, 1.165) is 27.7 Å². The molecule has 2 aliphatic rings. The molecule has 0 fully saturated rings. The number of hydrogen-bond acceptors (Lipinski definition) is 6. The number of anilines is 4. The minimum absolute atomic E-state index is 0.0922. The molecule has 6 rings (SSSR count). The SMILES string of the molecule is C=O.CN1c2ccccc2Sc2ccccc21.CNCCNC(=O)N1c2ccccc2Sc2ccccc21. The van der Waals surface area contributed by atoms with E-state index in [1.165, 1.54) is 21.2 Å². The van der Waals surface area contributed by atoms with E-state index in [4.69, 9.17) is 4.79 Å². The molecule has 0 aliphatic carbocycles. The molecular weight excluding hydrogens is 512 g/mol. The van der Waals surface area contributed by atoms with E-state index in [2.05, 4.69) is 71.1 Å². The van der Waals surface area contributed by atoms with Gasteiger partial charge in [0.2, 0.25) is 0 Å². The average Bonchev–Trinajstić information content (AvgIpc) is 2.97. The van der Waals surface area contributed by atoms with Crippen LogP contribution in [0.4, 0.5) is 27.5 Å². The second-order valence-electron chi connectivity index (χ2n) is 8.30. The number of fused-ring (bicyclic) bond motifs is 4. The van der Waals surface area contributed by atoms with Gasteiger partial charge >= 0.3 is 6.03 Å². The molecule has 4 aromatic carbocycles. The smallest absolute Gasteiger partial charge is 0.326 e. The van der Waals surface area contributed by atoms with E-state index in [1.807, 2.05) is 74.1 Å². The Morgan fingerprint density at radius 3 is 1.45 bits per heavy atom. The summed E-state index contributed by atoms with van der Waals surface area (Å²) in [5.41, 5.74) is 4.45. The van der Waals surface area contributed by atoms with Crippen molar-refractivity contribution in [3.63, 3.8) is 0 Å². The Bertz CT molecular complexity index is 1310. The first-order chi connectivity index (χ1) is 18.7. The van der Waals surface area contributed by atoms with Crippen LogP contribution in [0.5, 0.6) is 0 Å². The molecule has 194 valence electrons. The van der Waals surface area contributed by atoms with E-state index in [1.54, 1.807) is 16.7 Å². The highest BCUT2D eigenvalue weighted by atomic mass is 32.2. The molecule has 2 heterocycles. The van der Waals surface area contributed by atoms with Crippen LogP contribution in [0.3, 0.4) is 0 Å². The molecule has 8 heteroatoms. The van der Waals surface area contributed by atoms with Crippen molar-refractivity contribution in [2.75, 3.05) is 37.0 Å². The Balaban J connectivity index is 0.000000174. The molecule has 0 saturated carbocycles. The van der Waals surface area contributed by atoms with E-state index in [9.17, 15) is 4.79 Å². The van der Waals surface area contributed by atoms with Crippen molar-refractivity contribution in [3.05, 3.63) is 97.1 Å². The summed E-state index contributed by atoms with van der Waals surface area (Å²) in [6.45, 7) is 3.35. The number of amides is 2. The number of carbonyl (C=O) groups excluding carboxylic acids is 2. The molecule has 4 aromatic rings. The van der Waals surface area contributed by atoms with E-state index < -0.39 is 0 Å². The van der Waals surface area contributed by atoms with Gasteiger partial charge in [0.25, 0.3) is 0 Å². The summed E-state index contributed by atoms with van der Waals surface area (Å²) < 4.78 is 0. The van der Waals surface area contributed by atoms with Crippen LogP contribution in [0.1, 0.15) is 0 Å². The minimum Gasteiger partial charge on any atom is -0.343 e. The Morgan fingerprint density at radius 2 is 1.03 bits per heavy atom. The Morgan fingerprint density at radius 1 is 0.658 bits per heavy atom. The Kier molecular flexibility index (Phi) is 9.48. The lowest BCUT2D eigenvalue weighted by Crippen LogP contribution is -2.40. The molecule has 2 amide bonds. The normalized spacial score (nSPS) is 12.3. The molecule has 6 nitrogen and oxygen atoms in total. The van der Waals surface area contributed by atoms with Gasteiger partial charge in [-0.15, -0.1) is 0 Å². The van der Waals surface area contributed by atoms with Crippen molar-refractivity contribution in [1.29, 1.82) is 0 Å². The molecule has 38 heavy (non-hydrogen) atoms. The van der Waals surface area contributed by atoms with Crippen LogP contribution < -0.4 is 20.4 Å². The molecular formula is C30H30N4O2S2. The van der Waals surface area contributed by atoms with Gasteiger partial charge in [0.1, 0.15) is 6.79 Å². The van der Waals surface area contributed by atoms with Gasteiger partial charge in [-0.3, -0.25) is 4.90 Å². The average molecular weight is 543 g/mol. The molecule has 0 spiro atoms. The predicted octanol–water partition coefficient (Wildman–Crippen LogP) is 6.95. The second-order valence-corrected chi connectivity index (χ2v) is 10.5. The van der Waals surface area contributed by atoms with E-state index >= 15 is 0 Å². The lowest BCUT2D eigenvalue weighted by Gasteiger charge is -2.31. The molecule has 0 bridgehead atoms. The Hall–Kier alpha value is -3.72. The molecule has 0 unspecified atom stereocenters. The standard InChI is InChI=1S/C16H17N3OS.C13H11NS.CH2O/c1-17-10-11-18-16(20)19-12-6-2-4-8-14(12)21-15-9-5-3-7-13(15)19;1-14-10-6-2-4-8-12(10)15-13-9-5-3-7-11(13)14;1-2/h2-9,17H,10-11H2,1H3,(H,18,20);2-9H,1H3;1H2. The summed E-state index contributed by atoms with van der Waals surface area (Å²) in [6, 6.07) is 32.9. The largest absolute Gasteiger partial charge is 0.343 e. The number of urea groups is 1. The summed E-state index contributed by atoms with van der Waals surface area (Å²) in [5.74, 6) is 0. The highest BCUT2D eigenvalue weighted by Gasteiger charge is 2.27. The van der Waals surface area contributed by atoms with Gasteiger partial charge in [0.05, 0.1) is 22.7 Å². The third-order valence-corrected chi connectivity index (χ3v) is 8.22. The van der Waals surface area contributed by atoms with Gasteiger partial charge in [0, 0.05) is 39.7 Å². The maximum atomic E-state index is 12.6. The zero-order valence-electron chi connectivity index (χ0n) is 21.4. The first-order valence-corrected chi connectivity index (χ1v) is 13.8. The van der Waals surface area contributed by atoms with Crippen molar-refractivity contribution in [2.45, 2.75) is 19.6 Å². The fraction of sp³-hybridized carbons (Fsp3) is 0.133. The van der Waals surface area contributed by atoms with Crippen LogP contribution in [0.2, 0.25) is 0 Å². The van der Waals surface area contributed by atoms with Crippen molar-refractivity contribution in [1.82, 2.24) is 10.6 Å². The minimum atomic E-state index is -0.0922. The molecule has 0 radical (unpaired) electrons. The maximum Gasteiger partial charge on any atom is 0.326 e. The number of nitrogens with zero attached hydrogens (tertiary/aromatic N) is 2. The third-order valence-electron chi connectivity index (χ3n) is 5.96. The van der Waals surface area contributed by atoms with E-state index in [0.29, 0.717) is 6.54 Å². The summed E-state index contributed by atoms with van der Waals surface area (Å²) >= 11 is 3.54. The summed E-state index contributed by atoms with van der Waals surface area (Å²) in [5, 5.41) is 5.98. The molecule has 0 saturated heterocycles. The number of nitrogens with one attached hydrogen (secondary N) is 2. The first-order valence-electron chi connectivity index (χ1n) is 12.1. The highest BCUT2D eigenvalue weighted by molar-refractivity contribution is 8.00. The molecule has 2 N–H and O–H groups in total. The van der Waals surface area contributed by atoms with Gasteiger partial charge < -0.3 is 20.3 Å². The zero-order chi connectivity index (χ0) is 26.9. The third kappa shape index (κ3) is 5.88. The second kappa shape index (κ2) is 13.2. The summed E-state index contributed by atoms with van der Waals surface area (Å²) in [4.78, 5) is 29.4. The lowest BCUT2D eigenvalue weighted by atomic mass is 10.2. The van der Waals surface area contributed by atoms with Crippen LogP contribution in [0, 0.1) is 0 Å². The lowest BCUT2D eigenvalue weighted by molar-refractivity contribution is -0.0980. The summed E-state index contributed by atoms with van der Waals surface area (Å²) in [6.07, 6.45) is 0. The predicted molar refractivity (Wildman–Crippen MR) is 159 cm³/mol. The first kappa shape index (κ1) is 27.3. The van der Waals surface area contributed by atoms with Crippen molar-refractivity contribution in [3.8, 4) is 0 Å². The van der Waals surface area contributed by atoms with Gasteiger partial charge in [-0.05, 0) is 55.6 Å². The fourth-order valence-corrected chi connectivity index (χ4v) is 6.39. The fourth-order valence-electron chi connectivity index (χ4n) is 4.19. The number of rotatable bonds is 3. The summed E-state index contributed by atoms with van der Waals surface area (Å²) in [7, 11) is 3.99. The van der Waals surface area contributed by atoms with Crippen LogP contribution in [-0.2, 0) is 4.79 Å². The zero-order valence-corrected chi connectivity index (χ0v) is 23.0. The number of carbonyl (C=O) groups is 2.